The van der Waals surface area contributed by atoms with E-state index in [1.54, 1.807) is 0 Å². The van der Waals surface area contributed by atoms with E-state index in [1.807, 2.05) is 19.1 Å². The topological polar surface area (TPSA) is 26.0 Å². The highest BCUT2D eigenvalue weighted by Gasteiger charge is 2.08. The molecule has 0 bridgehead atoms. The monoisotopic (exact) mass is 225 g/mol. The summed E-state index contributed by atoms with van der Waals surface area (Å²) in [6.07, 6.45) is 2.18. The molecule has 0 aromatic heterocycles. The number of hydrogen-bond acceptors (Lipinski definition) is 1. The molecule has 0 aliphatic carbocycles. The van der Waals surface area contributed by atoms with Crippen LogP contribution in [-0.4, -0.2) is 0 Å². The maximum Gasteiger partial charge on any atom is 0.0438 e. The third kappa shape index (κ3) is 3.84. The lowest BCUT2D eigenvalue weighted by Crippen LogP contribution is -2.11. The fourth-order valence-corrected chi connectivity index (χ4v) is 1.71. The fraction of sp³-hybridized carbons (Fsp3) is 0.538. The first-order chi connectivity index (χ1) is 7.00. The average Bonchev–Trinajstić information content (AvgIpc) is 2.18. The largest absolute Gasteiger partial charge is 0.324 e. The van der Waals surface area contributed by atoms with E-state index >= 15 is 0 Å². The minimum absolute atomic E-state index is 0.116. The van der Waals surface area contributed by atoms with Crippen LogP contribution in [0.1, 0.15) is 43.9 Å². The number of halogens is 1. The van der Waals surface area contributed by atoms with Crippen LogP contribution in [0, 0.1) is 12.8 Å². The van der Waals surface area contributed by atoms with Gasteiger partial charge in [0.2, 0.25) is 0 Å². The SMILES string of the molecule is Cc1ccc([C@H](N)CCC(C)C)cc1Cl. The predicted octanol–water partition coefficient (Wildman–Crippen LogP) is 4.08. The molecule has 0 radical (unpaired) electrons. The van der Waals surface area contributed by atoms with Crippen LogP contribution < -0.4 is 5.73 Å². The Hall–Kier alpha value is -0.530. The maximum atomic E-state index is 6.10. The first kappa shape index (κ1) is 12.5. The van der Waals surface area contributed by atoms with E-state index in [0.29, 0.717) is 5.92 Å². The van der Waals surface area contributed by atoms with E-state index < -0.39 is 0 Å². The van der Waals surface area contributed by atoms with Gasteiger partial charge in [0.25, 0.3) is 0 Å². The Kier molecular flexibility index (Phi) is 4.62. The number of nitrogens with two attached hydrogens (primary N) is 1. The molecule has 0 aliphatic rings. The molecule has 84 valence electrons. The van der Waals surface area contributed by atoms with Crippen LogP contribution in [0.3, 0.4) is 0 Å². The van der Waals surface area contributed by atoms with E-state index in [1.165, 1.54) is 0 Å². The minimum atomic E-state index is 0.116. The van der Waals surface area contributed by atoms with E-state index in [-0.39, 0.29) is 6.04 Å². The minimum Gasteiger partial charge on any atom is -0.324 e. The second kappa shape index (κ2) is 5.53. The zero-order chi connectivity index (χ0) is 11.4. The summed E-state index contributed by atoms with van der Waals surface area (Å²) in [6.45, 7) is 6.44. The molecule has 1 atom stereocenters. The Bertz CT molecular complexity index is 320. The molecule has 1 nitrogen and oxygen atoms in total. The summed E-state index contributed by atoms with van der Waals surface area (Å²) in [4.78, 5) is 0. The molecule has 0 amide bonds. The molecule has 2 heteroatoms. The number of rotatable bonds is 4. The summed E-state index contributed by atoms with van der Waals surface area (Å²) in [5.41, 5.74) is 8.36. The van der Waals surface area contributed by atoms with Crippen molar-refractivity contribution in [2.24, 2.45) is 11.7 Å². The molecule has 1 aromatic rings. The average molecular weight is 226 g/mol. The van der Waals surface area contributed by atoms with Crippen molar-refractivity contribution in [1.29, 1.82) is 0 Å². The smallest absolute Gasteiger partial charge is 0.0438 e. The van der Waals surface area contributed by atoms with E-state index in [0.717, 1.165) is 29.0 Å². The fourth-order valence-electron chi connectivity index (χ4n) is 1.52. The molecular weight excluding hydrogens is 206 g/mol. The Balaban J connectivity index is 2.65. The lowest BCUT2D eigenvalue weighted by molar-refractivity contribution is 0.507. The van der Waals surface area contributed by atoms with E-state index in [2.05, 4.69) is 19.9 Å². The first-order valence-electron chi connectivity index (χ1n) is 5.52. The molecule has 0 aliphatic heterocycles. The zero-order valence-electron chi connectivity index (χ0n) is 9.76. The lowest BCUT2D eigenvalue weighted by Gasteiger charge is -2.14. The van der Waals surface area contributed by atoms with Gasteiger partial charge in [0.15, 0.2) is 0 Å². The Morgan fingerprint density at radius 3 is 2.47 bits per heavy atom. The van der Waals surface area contributed by atoms with Gasteiger partial charge in [-0.1, -0.05) is 37.6 Å². The maximum absolute atomic E-state index is 6.10. The van der Waals surface area contributed by atoms with Gasteiger partial charge in [0.05, 0.1) is 0 Å². The quantitative estimate of drug-likeness (QED) is 0.821. The van der Waals surface area contributed by atoms with Gasteiger partial charge in [-0.3, -0.25) is 0 Å². The highest BCUT2D eigenvalue weighted by Crippen LogP contribution is 2.23. The van der Waals surface area contributed by atoms with Gasteiger partial charge in [0.1, 0.15) is 0 Å². The molecule has 0 fully saturated rings. The van der Waals surface area contributed by atoms with Crippen LogP contribution in [0.2, 0.25) is 5.02 Å². The summed E-state index contributed by atoms with van der Waals surface area (Å²) in [5, 5.41) is 0.812. The van der Waals surface area contributed by atoms with Gasteiger partial charge in [-0.05, 0) is 42.9 Å². The van der Waals surface area contributed by atoms with Crippen molar-refractivity contribution in [3.63, 3.8) is 0 Å². The zero-order valence-corrected chi connectivity index (χ0v) is 10.5. The molecule has 1 aromatic carbocycles. The summed E-state index contributed by atoms with van der Waals surface area (Å²) >= 11 is 6.07. The van der Waals surface area contributed by atoms with Gasteiger partial charge in [-0.25, -0.2) is 0 Å². The van der Waals surface area contributed by atoms with Gasteiger partial charge in [-0.15, -0.1) is 0 Å². The molecule has 0 unspecified atom stereocenters. The van der Waals surface area contributed by atoms with Crippen molar-refractivity contribution in [3.8, 4) is 0 Å². The Morgan fingerprint density at radius 2 is 1.93 bits per heavy atom. The molecule has 1 rings (SSSR count). The lowest BCUT2D eigenvalue weighted by atomic mass is 9.98. The van der Waals surface area contributed by atoms with Crippen molar-refractivity contribution in [3.05, 3.63) is 34.3 Å². The summed E-state index contributed by atoms with van der Waals surface area (Å²) in [5.74, 6) is 0.706. The van der Waals surface area contributed by atoms with Crippen LogP contribution in [0.25, 0.3) is 0 Å². The van der Waals surface area contributed by atoms with E-state index in [9.17, 15) is 0 Å². The van der Waals surface area contributed by atoms with Gasteiger partial charge < -0.3 is 5.73 Å². The second-order valence-corrected chi connectivity index (χ2v) is 4.99. The molecule has 0 saturated carbocycles. The summed E-state index contributed by atoms with van der Waals surface area (Å²) < 4.78 is 0. The molecule has 0 heterocycles. The number of hydrogen-bond donors (Lipinski definition) is 1. The highest BCUT2D eigenvalue weighted by atomic mass is 35.5. The normalized spacial score (nSPS) is 13.2. The van der Waals surface area contributed by atoms with Gasteiger partial charge in [-0.2, -0.15) is 0 Å². The van der Waals surface area contributed by atoms with Gasteiger partial charge in [0, 0.05) is 11.1 Å². The van der Waals surface area contributed by atoms with E-state index in [4.69, 9.17) is 17.3 Å². The Morgan fingerprint density at radius 1 is 1.27 bits per heavy atom. The van der Waals surface area contributed by atoms with Crippen molar-refractivity contribution in [2.45, 2.75) is 39.7 Å². The highest BCUT2D eigenvalue weighted by molar-refractivity contribution is 6.31. The summed E-state index contributed by atoms with van der Waals surface area (Å²) in [6, 6.07) is 6.21. The molecule has 0 spiro atoms. The summed E-state index contributed by atoms with van der Waals surface area (Å²) in [7, 11) is 0. The molecule has 15 heavy (non-hydrogen) atoms. The van der Waals surface area contributed by atoms with Crippen LogP contribution >= 0.6 is 11.6 Å². The second-order valence-electron chi connectivity index (χ2n) is 4.59. The Labute approximate surface area is 97.6 Å². The third-order valence-corrected chi connectivity index (χ3v) is 3.09. The molecule has 0 saturated heterocycles. The van der Waals surface area contributed by atoms with Crippen LogP contribution in [-0.2, 0) is 0 Å². The van der Waals surface area contributed by atoms with Crippen LogP contribution in [0.4, 0.5) is 0 Å². The van der Waals surface area contributed by atoms with Crippen molar-refractivity contribution < 1.29 is 0 Å². The van der Waals surface area contributed by atoms with Crippen LogP contribution in [0.15, 0.2) is 18.2 Å². The van der Waals surface area contributed by atoms with Crippen LogP contribution in [0.5, 0.6) is 0 Å². The predicted molar refractivity (Wildman–Crippen MR) is 67.2 cm³/mol. The number of aryl methyl sites for hydroxylation is 1. The van der Waals surface area contributed by atoms with Crippen molar-refractivity contribution >= 4 is 11.6 Å². The third-order valence-electron chi connectivity index (χ3n) is 2.68. The standard InChI is InChI=1S/C13H20ClN/c1-9(2)4-7-13(15)11-6-5-10(3)12(14)8-11/h5-6,8-9,13H,4,7,15H2,1-3H3/t13-/m1/s1. The first-order valence-corrected chi connectivity index (χ1v) is 5.90. The molecular formula is C13H20ClN. The van der Waals surface area contributed by atoms with Crippen molar-refractivity contribution in [1.82, 2.24) is 0 Å². The van der Waals surface area contributed by atoms with Gasteiger partial charge >= 0.3 is 0 Å². The molecule has 2 N–H and O–H groups in total. The number of benzene rings is 1. The van der Waals surface area contributed by atoms with Crippen molar-refractivity contribution in [2.75, 3.05) is 0 Å².